The molecule has 2 rings (SSSR count). The number of nitrogens with one attached hydrogen (secondary N) is 3. The van der Waals surface area contributed by atoms with Crippen molar-refractivity contribution in [2.24, 2.45) is 5.73 Å². The van der Waals surface area contributed by atoms with E-state index in [2.05, 4.69) is 22.9 Å². The molecule has 0 bridgehead atoms. The van der Waals surface area contributed by atoms with Gasteiger partial charge in [-0.2, -0.15) is 0 Å². The first-order valence-corrected chi connectivity index (χ1v) is 5.84. The lowest BCUT2D eigenvalue weighted by atomic mass is 10.1. The molecule has 0 aromatic rings. The highest BCUT2D eigenvalue weighted by Crippen LogP contribution is 2.15. The van der Waals surface area contributed by atoms with Gasteiger partial charge in [-0.3, -0.25) is 4.79 Å². The number of ether oxygens (including phenoxy) is 1. The summed E-state index contributed by atoms with van der Waals surface area (Å²) in [4.78, 5) is 11.2. The van der Waals surface area contributed by atoms with E-state index in [-0.39, 0.29) is 18.7 Å². The van der Waals surface area contributed by atoms with Gasteiger partial charge in [0.25, 0.3) is 0 Å². The van der Waals surface area contributed by atoms with Crippen molar-refractivity contribution in [2.75, 3.05) is 13.2 Å². The molecule has 0 aromatic heterocycles. The molecule has 17 heavy (non-hydrogen) atoms. The quantitative estimate of drug-likeness (QED) is 0.494. The van der Waals surface area contributed by atoms with Gasteiger partial charge in [-0.1, -0.05) is 13.3 Å². The topological polar surface area (TPSA) is 88.4 Å². The second-order valence-electron chi connectivity index (χ2n) is 4.06. The van der Waals surface area contributed by atoms with E-state index in [4.69, 9.17) is 10.5 Å². The van der Waals surface area contributed by atoms with Crippen LogP contribution in [0.2, 0.25) is 0 Å². The average molecular weight is 238 g/mol. The number of nitrogens with two attached hydrogens (primary N) is 1. The molecule has 0 aliphatic carbocycles. The fraction of sp³-hybridized carbons (Fsp3) is 0.545. The molecule has 2 aliphatic heterocycles. The van der Waals surface area contributed by atoms with E-state index < -0.39 is 0 Å². The lowest BCUT2D eigenvalue weighted by Crippen LogP contribution is -2.49. The number of piperazine rings is 1. The first-order chi connectivity index (χ1) is 8.20. The summed E-state index contributed by atoms with van der Waals surface area (Å²) in [7, 11) is 0. The standard InChI is InChI=1S/C11H18N4O2/c1-2-3-4-17-9-5-7-10(11(12)15-9)14-8(16)6-13-7/h5,9,13,15H,2-4,6,12H2,1H3,(H,14,16). The lowest BCUT2D eigenvalue weighted by Gasteiger charge is -2.30. The third-order valence-electron chi connectivity index (χ3n) is 2.65. The van der Waals surface area contributed by atoms with Gasteiger partial charge in [-0.05, 0) is 12.5 Å². The third-order valence-corrected chi connectivity index (χ3v) is 2.65. The van der Waals surface area contributed by atoms with E-state index in [0.717, 1.165) is 18.5 Å². The number of fused-ring (bicyclic) bond motifs is 1. The molecule has 6 nitrogen and oxygen atoms in total. The normalized spacial score (nSPS) is 23.2. The van der Waals surface area contributed by atoms with Crippen molar-refractivity contribution >= 4 is 5.91 Å². The monoisotopic (exact) mass is 238 g/mol. The summed E-state index contributed by atoms with van der Waals surface area (Å²) in [5, 5.41) is 8.73. The SMILES string of the molecule is CCCCOC1C=C2NCC(=O)NC2=C(N)N1. The first kappa shape index (κ1) is 11.8. The maximum absolute atomic E-state index is 11.2. The second kappa shape index (κ2) is 5.09. The van der Waals surface area contributed by atoms with Crippen molar-refractivity contribution in [1.82, 2.24) is 16.0 Å². The molecule has 5 N–H and O–H groups in total. The number of hydrogen-bond donors (Lipinski definition) is 4. The minimum Gasteiger partial charge on any atom is -0.384 e. The number of hydrogen-bond acceptors (Lipinski definition) is 5. The number of rotatable bonds is 4. The van der Waals surface area contributed by atoms with E-state index in [0.29, 0.717) is 18.1 Å². The van der Waals surface area contributed by atoms with Crippen molar-refractivity contribution in [1.29, 1.82) is 0 Å². The van der Waals surface area contributed by atoms with E-state index in [9.17, 15) is 4.79 Å². The maximum atomic E-state index is 11.2. The Morgan fingerprint density at radius 1 is 1.59 bits per heavy atom. The summed E-state index contributed by atoms with van der Waals surface area (Å²) >= 11 is 0. The number of amides is 1. The van der Waals surface area contributed by atoms with Crippen molar-refractivity contribution in [3.8, 4) is 0 Å². The molecule has 0 saturated carbocycles. The Hall–Kier alpha value is -1.69. The zero-order chi connectivity index (χ0) is 12.3. The van der Waals surface area contributed by atoms with Crippen molar-refractivity contribution in [3.05, 3.63) is 23.3 Å². The molecule has 94 valence electrons. The van der Waals surface area contributed by atoms with E-state index in [1.54, 1.807) is 0 Å². The highest BCUT2D eigenvalue weighted by Gasteiger charge is 2.25. The first-order valence-electron chi connectivity index (χ1n) is 5.84. The number of unbranched alkanes of at least 4 members (excludes halogenated alkanes) is 1. The molecule has 1 fully saturated rings. The smallest absolute Gasteiger partial charge is 0.243 e. The zero-order valence-corrected chi connectivity index (χ0v) is 9.88. The van der Waals surface area contributed by atoms with Crippen LogP contribution in [0.25, 0.3) is 0 Å². The van der Waals surface area contributed by atoms with Gasteiger partial charge in [-0.15, -0.1) is 0 Å². The Morgan fingerprint density at radius 2 is 2.41 bits per heavy atom. The van der Waals surface area contributed by atoms with Crippen LogP contribution in [0.3, 0.4) is 0 Å². The number of dihydropyridines is 1. The van der Waals surface area contributed by atoms with Crippen molar-refractivity contribution in [2.45, 2.75) is 26.0 Å². The average Bonchev–Trinajstić information content (AvgIpc) is 2.31. The van der Waals surface area contributed by atoms with Crippen LogP contribution in [0.15, 0.2) is 23.3 Å². The minimum absolute atomic E-state index is 0.0905. The molecule has 1 saturated heterocycles. The van der Waals surface area contributed by atoms with Gasteiger partial charge in [0, 0.05) is 6.61 Å². The van der Waals surface area contributed by atoms with E-state index >= 15 is 0 Å². The van der Waals surface area contributed by atoms with Crippen LogP contribution in [0.4, 0.5) is 0 Å². The molecule has 2 aliphatic rings. The van der Waals surface area contributed by atoms with Crippen molar-refractivity contribution < 1.29 is 9.53 Å². The molecule has 0 radical (unpaired) electrons. The predicted molar refractivity (Wildman–Crippen MR) is 63.2 cm³/mol. The van der Waals surface area contributed by atoms with Crippen LogP contribution in [-0.2, 0) is 9.53 Å². The molecule has 1 unspecified atom stereocenters. The van der Waals surface area contributed by atoms with Crippen LogP contribution in [0.5, 0.6) is 0 Å². The summed E-state index contributed by atoms with van der Waals surface area (Å²) in [6.45, 7) is 3.07. The molecule has 1 atom stereocenters. The Balaban J connectivity index is 2.00. The van der Waals surface area contributed by atoms with Gasteiger partial charge in [0.2, 0.25) is 5.91 Å². The van der Waals surface area contributed by atoms with Gasteiger partial charge in [0.1, 0.15) is 17.7 Å². The van der Waals surface area contributed by atoms with E-state index in [1.807, 2.05) is 6.08 Å². The number of carbonyl (C=O) groups excluding carboxylic acids is 1. The van der Waals surface area contributed by atoms with Gasteiger partial charge in [0.05, 0.1) is 12.2 Å². The third kappa shape index (κ3) is 2.71. The molecular weight excluding hydrogens is 220 g/mol. The molecule has 2 heterocycles. The molecule has 6 heteroatoms. The highest BCUT2D eigenvalue weighted by molar-refractivity contribution is 5.83. The van der Waals surface area contributed by atoms with Crippen LogP contribution in [-0.4, -0.2) is 25.3 Å². The lowest BCUT2D eigenvalue weighted by molar-refractivity contribution is -0.120. The van der Waals surface area contributed by atoms with Crippen LogP contribution in [0, 0.1) is 0 Å². The summed E-state index contributed by atoms with van der Waals surface area (Å²) < 4.78 is 5.62. The summed E-state index contributed by atoms with van der Waals surface area (Å²) in [6, 6.07) is 0. The molecular formula is C11H18N4O2. The second-order valence-corrected chi connectivity index (χ2v) is 4.06. The van der Waals surface area contributed by atoms with Gasteiger partial charge < -0.3 is 26.4 Å². The van der Waals surface area contributed by atoms with Crippen LogP contribution < -0.4 is 21.7 Å². The minimum atomic E-state index is -0.234. The Morgan fingerprint density at radius 3 is 3.18 bits per heavy atom. The summed E-state index contributed by atoms with van der Waals surface area (Å²) in [5.74, 6) is 0.344. The molecule has 0 spiro atoms. The fourth-order valence-electron chi connectivity index (χ4n) is 1.73. The van der Waals surface area contributed by atoms with Gasteiger partial charge >= 0.3 is 0 Å². The van der Waals surface area contributed by atoms with Gasteiger partial charge in [0.15, 0.2) is 0 Å². The Labute approximate surface area is 100 Å². The highest BCUT2D eigenvalue weighted by atomic mass is 16.5. The Bertz CT molecular complexity index is 376. The van der Waals surface area contributed by atoms with Crippen molar-refractivity contribution in [3.63, 3.8) is 0 Å². The van der Waals surface area contributed by atoms with E-state index in [1.165, 1.54) is 0 Å². The zero-order valence-electron chi connectivity index (χ0n) is 9.88. The van der Waals surface area contributed by atoms with Crippen LogP contribution in [0.1, 0.15) is 19.8 Å². The molecule has 0 aromatic carbocycles. The summed E-state index contributed by atoms with van der Waals surface area (Å²) in [6.07, 6.45) is 3.76. The van der Waals surface area contributed by atoms with Crippen LogP contribution >= 0.6 is 0 Å². The predicted octanol–water partition coefficient (Wildman–Crippen LogP) is -0.536. The summed E-state index contributed by atoms with van der Waals surface area (Å²) in [5.41, 5.74) is 7.27. The Kier molecular flexibility index (Phi) is 3.53. The molecule has 1 amide bonds. The van der Waals surface area contributed by atoms with Gasteiger partial charge in [-0.25, -0.2) is 0 Å². The maximum Gasteiger partial charge on any atom is 0.243 e. The number of carbonyl (C=O) groups is 1. The largest absolute Gasteiger partial charge is 0.384 e. The fourth-order valence-corrected chi connectivity index (χ4v) is 1.73.